The Morgan fingerprint density at radius 1 is 1.35 bits per heavy atom. The number of carbonyl (C=O) groups is 1. The Kier molecular flexibility index (Phi) is 3.73. The minimum atomic E-state index is -0.391. The van der Waals surface area contributed by atoms with E-state index in [1.54, 1.807) is 0 Å². The van der Waals surface area contributed by atoms with Crippen molar-refractivity contribution in [3.05, 3.63) is 0 Å². The van der Waals surface area contributed by atoms with Gasteiger partial charge in [-0.3, -0.25) is 9.69 Å². The molecular formula is C13H23NO3. The predicted molar refractivity (Wildman–Crippen MR) is 64.8 cm³/mol. The van der Waals surface area contributed by atoms with Crippen molar-refractivity contribution >= 4 is 5.97 Å². The molecule has 4 nitrogen and oxygen atoms in total. The molecular weight excluding hydrogens is 218 g/mol. The molecule has 0 aromatic rings. The molecule has 17 heavy (non-hydrogen) atoms. The molecule has 0 aromatic heterocycles. The Labute approximate surface area is 103 Å². The summed E-state index contributed by atoms with van der Waals surface area (Å²) < 4.78 is 10.9. The van der Waals surface area contributed by atoms with Crippen LogP contribution in [0.5, 0.6) is 0 Å². The molecule has 0 aromatic carbocycles. The third-order valence-corrected chi connectivity index (χ3v) is 3.35. The van der Waals surface area contributed by atoms with Crippen LogP contribution in [-0.2, 0) is 14.3 Å². The van der Waals surface area contributed by atoms with Gasteiger partial charge in [-0.15, -0.1) is 0 Å². The molecule has 98 valence electrons. The summed E-state index contributed by atoms with van der Waals surface area (Å²) >= 11 is 0. The highest BCUT2D eigenvalue weighted by Crippen LogP contribution is 2.26. The number of hydrogen-bond donors (Lipinski definition) is 0. The Morgan fingerprint density at radius 3 is 2.71 bits per heavy atom. The van der Waals surface area contributed by atoms with Crippen LogP contribution in [0.15, 0.2) is 0 Å². The normalized spacial score (nSPS) is 30.8. The Balaban J connectivity index is 1.96. The zero-order valence-corrected chi connectivity index (χ0v) is 11.1. The van der Waals surface area contributed by atoms with Crippen molar-refractivity contribution in [1.82, 2.24) is 4.90 Å². The van der Waals surface area contributed by atoms with E-state index in [1.165, 1.54) is 0 Å². The molecule has 0 aliphatic carbocycles. The minimum Gasteiger partial charge on any atom is -0.459 e. The summed E-state index contributed by atoms with van der Waals surface area (Å²) in [4.78, 5) is 14.4. The molecule has 2 aliphatic heterocycles. The number of nitrogens with zero attached hydrogens (tertiary/aromatic N) is 1. The molecule has 0 N–H and O–H groups in total. The largest absolute Gasteiger partial charge is 0.459 e. The lowest BCUT2D eigenvalue weighted by molar-refractivity contribution is -0.161. The number of esters is 1. The van der Waals surface area contributed by atoms with Gasteiger partial charge in [-0.2, -0.15) is 0 Å². The van der Waals surface area contributed by atoms with Crippen molar-refractivity contribution in [2.45, 2.75) is 57.7 Å². The summed E-state index contributed by atoms with van der Waals surface area (Å²) in [5.41, 5.74) is -0.391. The van der Waals surface area contributed by atoms with Crippen molar-refractivity contribution < 1.29 is 14.3 Å². The van der Waals surface area contributed by atoms with E-state index in [-0.39, 0.29) is 12.0 Å². The molecule has 2 heterocycles. The summed E-state index contributed by atoms with van der Waals surface area (Å²) in [7, 11) is 0. The van der Waals surface area contributed by atoms with Gasteiger partial charge in [-0.1, -0.05) is 0 Å². The molecule has 2 fully saturated rings. The molecule has 0 radical (unpaired) electrons. The van der Waals surface area contributed by atoms with E-state index in [0.29, 0.717) is 6.04 Å². The van der Waals surface area contributed by atoms with Gasteiger partial charge >= 0.3 is 5.97 Å². The maximum Gasteiger partial charge on any atom is 0.323 e. The molecule has 0 saturated carbocycles. The van der Waals surface area contributed by atoms with Gasteiger partial charge in [0, 0.05) is 12.6 Å². The molecule has 0 amide bonds. The van der Waals surface area contributed by atoms with Gasteiger partial charge in [-0.05, 0) is 46.6 Å². The molecule has 2 atom stereocenters. The first-order valence-electron chi connectivity index (χ1n) is 6.54. The van der Waals surface area contributed by atoms with Crippen molar-refractivity contribution in [2.24, 2.45) is 0 Å². The van der Waals surface area contributed by atoms with Crippen LogP contribution in [0.1, 0.15) is 40.0 Å². The molecule has 2 saturated heterocycles. The number of carbonyl (C=O) groups excluding carboxylic acids is 1. The fourth-order valence-electron chi connectivity index (χ4n) is 2.63. The van der Waals surface area contributed by atoms with Crippen LogP contribution >= 0.6 is 0 Å². The zero-order valence-electron chi connectivity index (χ0n) is 11.1. The smallest absolute Gasteiger partial charge is 0.323 e. The third-order valence-electron chi connectivity index (χ3n) is 3.35. The van der Waals surface area contributed by atoms with Crippen molar-refractivity contribution in [3.8, 4) is 0 Å². The highest BCUT2D eigenvalue weighted by Gasteiger charge is 2.38. The van der Waals surface area contributed by atoms with Gasteiger partial charge < -0.3 is 9.47 Å². The average molecular weight is 241 g/mol. The van der Waals surface area contributed by atoms with Gasteiger partial charge in [0.15, 0.2) is 0 Å². The summed E-state index contributed by atoms with van der Waals surface area (Å²) in [6.07, 6.45) is 3.05. The van der Waals surface area contributed by atoms with Gasteiger partial charge in [0.25, 0.3) is 0 Å². The minimum absolute atomic E-state index is 0.0547. The Bertz CT molecular complexity index is 279. The maximum absolute atomic E-state index is 12.1. The number of ether oxygens (including phenoxy) is 2. The van der Waals surface area contributed by atoms with E-state index in [0.717, 1.165) is 39.0 Å². The maximum atomic E-state index is 12.1. The summed E-state index contributed by atoms with van der Waals surface area (Å²) in [6, 6.07) is 0.357. The van der Waals surface area contributed by atoms with Crippen LogP contribution in [0.2, 0.25) is 0 Å². The zero-order chi connectivity index (χ0) is 12.5. The topological polar surface area (TPSA) is 38.8 Å². The number of hydrogen-bond acceptors (Lipinski definition) is 4. The fourth-order valence-corrected chi connectivity index (χ4v) is 2.63. The second-order valence-electron chi connectivity index (χ2n) is 5.95. The van der Waals surface area contributed by atoms with Gasteiger partial charge in [0.05, 0.1) is 6.61 Å². The quantitative estimate of drug-likeness (QED) is 0.688. The standard InChI is InChI=1S/C13H23NO3/c1-13(2,3)17-12(15)11-5-4-7-14(11)10-6-8-16-9-10/h10-11H,4-9H2,1-3H3/t10?,11-/m1/s1. The highest BCUT2D eigenvalue weighted by atomic mass is 16.6. The van der Waals surface area contributed by atoms with E-state index in [4.69, 9.17) is 9.47 Å². The number of rotatable bonds is 2. The SMILES string of the molecule is CC(C)(C)OC(=O)[C@H]1CCCN1C1CCOC1. The first kappa shape index (κ1) is 12.8. The average Bonchev–Trinajstić information content (AvgIpc) is 2.85. The molecule has 2 rings (SSSR count). The third kappa shape index (κ3) is 3.19. The van der Waals surface area contributed by atoms with E-state index >= 15 is 0 Å². The second-order valence-corrected chi connectivity index (χ2v) is 5.95. The second kappa shape index (κ2) is 4.94. The lowest BCUT2D eigenvalue weighted by Gasteiger charge is -2.30. The van der Waals surface area contributed by atoms with Gasteiger partial charge in [0.2, 0.25) is 0 Å². The molecule has 0 bridgehead atoms. The van der Waals surface area contributed by atoms with Gasteiger partial charge in [-0.25, -0.2) is 0 Å². The van der Waals surface area contributed by atoms with Crippen LogP contribution in [0.4, 0.5) is 0 Å². The highest BCUT2D eigenvalue weighted by molar-refractivity contribution is 5.76. The molecule has 2 aliphatic rings. The monoisotopic (exact) mass is 241 g/mol. The van der Waals surface area contributed by atoms with Crippen LogP contribution in [-0.4, -0.2) is 48.3 Å². The van der Waals surface area contributed by atoms with Crippen LogP contribution in [0, 0.1) is 0 Å². The molecule has 0 spiro atoms. The molecule has 4 heteroatoms. The van der Waals surface area contributed by atoms with E-state index in [9.17, 15) is 4.79 Å². The van der Waals surface area contributed by atoms with Crippen LogP contribution in [0.3, 0.4) is 0 Å². The summed E-state index contributed by atoms with van der Waals surface area (Å²) in [6.45, 7) is 8.34. The first-order chi connectivity index (χ1) is 7.97. The van der Waals surface area contributed by atoms with Crippen molar-refractivity contribution in [1.29, 1.82) is 0 Å². The Morgan fingerprint density at radius 2 is 2.12 bits per heavy atom. The van der Waals surface area contributed by atoms with E-state index in [1.807, 2.05) is 20.8 Å². The van der Waals surface area contributed by atoms with E-state index in [2.05, 4.69) is 4.90 Å². The molecule has 1 unspecified atom stereocenters. The number of likely N-dealkylation sites (tertiary alicyclic amines) is 1. The summed E-state index contributed by atoms with van der Waals surface area (Å²) in [5, 5.41) is 0. The van der Waals surface area contributed by atoms with Crippen LogP contribution < -0.4 is 0 Å². The lowest BCUT2D eigenvalue weighted by Crippen LogP contribution is -2.45. The van der Waals surface area contributed by atoms with E-state index < -0.39 is 5.60 Å². The van der Waals surface area contributed by atoms with Gasteiger partial charge in [0.1, 0.15) is 11.6 Å². The fraction of sp³-hybridized carbons (Fsp3) is 0.923. The van der Waals surface area contributed by atoms with Crippen LogP contribution in [0.25, 0.3) is 0 Å². The first-order valence-corrected chi connectivity index (χ1v) is 6.54. The van der Waals surface area contributed by atoms with Crippen molar-refractivity contribution in [3.63, 3.8) is 0 Å². The predicted octanol–water partition coefficient (Wildman–Crippen LogP) is 1.58. The Hall–Kier alpha value is -0.610. The lowest BCUT2D eigenvalue weighted by atomic mass is 10.1. The summed E-state index contributed by atoms with van der Waals surface area (Å²) in [5.74, 6) is -0.0677. The van der Waals surface area contributed by atoms with Crippen molar-refractivity contribution in [2.75, 3.05) is 19.8 Å².